The zero-order valence-corrected chi connectivity index (χ0v) is 16.0. The molecule has 0 radical (unpaired) electrons. The summed E-state index contributed by atoms with van der Waals surface area (Å²) in [7, 11) is 0. The molecule has 0 saturated carbocycles. The van der Waals surface area contributed by atoms with Gasteiger partial charge in [-0.25, -0.2) is 8.78 Å². The van der Waals surface area contributed by atoms with Gasteiger partial charge in [-0.05, 0) is 23.3 Å². The van der Waals surface area contributed by atoms with Gasteiger partial charge in [0.05, 0.1) is 6.61 Å². The molecular formula is C21H20F2N4O3. The number of benzene rings is 2. The molecule has 3 aromatic rings. The summed E-state index contributed by atoms with van der Waals surface area (Å²) in [6.07, 6.45) is 0.384. The zero-order chi connectivity index (χ0) is 20.9. The van der Waals surface area contributed by atoms with E-state index in [9.17, 15) is 13.6 Å². The number of hydrogen-bond acceptors (Lipinski definition) is 6. The van der Waals surface area contributed by atoms with Gasteiger partial charge in [-0.2, -0.15) is 4.98 Å². The molecule has 2 atom stereocenters. The number of halogens is 2. The van der Waals surface area contributed by atoms with E-state index < -0.39 is 29.7 Å². The van der Waals surface area contributed by atoms with Crippen molar-refractivity contribution in [1.29, 1.82) is 0 Å². The average molecular weight is 414 g/mol. The molecule has 0 bridgehead atoms. The summed E-state index contributed by atoms with van der Waals surface area (Å²) in [4.78, 5) is 19.0. The first-order valence-electron chi connectivity index (χ1n) is 9.49. The summed E-state index contributed by atoms with van der Waals surface area (Å²) in [5.41, 5.74) is 1.44. The van der Waals surface area contributed by atoms with Gasteiger partial charge < -0.3 is 14.6 Å². The monoisotopic (exact) mass is 414 g/mol. The maximum Gasteiger partial charge on any atom is 0.251 e. The van der Waals surface area contributed by atoms with Crippen LogP contribution in [0, 0.1) is 11.6 Å². The van der Waals surface area contributed by atoms with Crippen molar-refractivity contribution >= 4 is 5.91 Å². The highest BCUT2D eigenvalue weighted by atomic mass is 19.2. The number of rotatable bonds is 6. The van der Waals surface area contributed by atoms with Crippen LogP contribution in [0.4, 0.5) is 8.78 Å². The Kier molecular flexibility index (Phi) is 6.10. The minimum absolute atomic E-state index is 0.131. The third kappa shape index (κ3) is 4.69. The van der Waals surface area contributed by atoms with Crippen molar-refractivity contribution < 1.29 is 22.8 Å². The highest BCUT2D eigenvalue weighted by Gasteiger charge is 2.30. The lowest BCUT2D eigenvalue weighted by Crippen LogP contribution is -2.50. The van der Waals surface area contributed by atoms with Gasteiger partial charge in [-0.15, -0.1) is 0 Å². The molecular weight excluding hydrogens is 394 g/mol. The summed E-state index contributed by atoms with van der Waals surface area (Å²) >= 11 is 0. The molecule has 1 aromatic heterocycles. The molecule has 2 heterocycles. The molecule has 1 N–H and O–H groups in total. The van der Waals surface area contributed by atoms with Crippen molar-refractivity contribution in [3.63, 3.8) is 0 Å². The van der Waals surface area contributed by atoms with Gasteiger partial charge in [-0.3, -0.25) is 9.69 Å². The fraction of sp³-hybridized carbons (Fsp3) is 0.286. The molecule has 1 aliphatic heterocycles. The molecule has 1 fully saturated rings. The first-order chi connectivity index (χ1) is 14.6. The fourth-order valence-corrected chi connectivity index (χ4v) is 3.38. The van der Waals surface area contributed by atoms with E-state index >= 15 is 0 Å². The minimum Gasteiger partial charge on any atom is -0.366 e. The van der Waals surface area contributed by atoms with Gasteiger partial charge in [-0.1, -0.05) is 41.6 Å². The third-order valence-corrected chi connectivity index (χ3v) is 4.89. The van der Waals surface area contributed by atoms with Crippen LogP contribution in [0.3, 0.4) is 0 Å². The maximum atomic E-state index is 13.7. The fourth-order valence-electron chi connectivity index (χ4n) is 3.38. The van der Waals surface area contributed by atoms with E-state index in [0.717, 1.165) is 24.1 Å². The highest BCUT2D eigenvalue weighted by molar-refractivity contribution is 5.82. The SMILES string of the molecule is O=C(N[C@H](c1ccc(F)c(F)c1)c1ncon1)[C@@H]1CN(Cc2ccccc2)CCO1. The van der Waals surface area contributed by atoms with Crippen LogP contribution >= 0.6 is 0 Å². The van der Waals surface area contributed by atoms with Crippen LogP contribution in [0.15, 0.2) is 59.4 Å². The topological polar surface area (TPSA) is 80.5 Å². The van der Waals surface area contributed by atoms with Crippen molar-refractivity contribution in [2.45, 2.75) is 18.7 Å². The number of amides is 1. The molecule has 156 valence electrons. The quantitative estimate of drug-likeness (QED) is 0.668. The predicted molar refractivity (Wildman–Crippen MR) is 102 cm³/mol. The smallest absolute Gasteiger partial charge is 0.251 e. The summed E-state index contributed by atoms with van der Waals surface area (Å²) < 4.78 is 37.5. The Bertz CT molecular complexity index is 985. The Morgan fingerprint density at radius 2 is 2.03 bits per heavy atom. The summed E-state index contributed by atoms with van der Waals surface area (Å²) in [6.45, 7) is 2.21. The Morgan fingerprint density at radius 3 is 2.77 bits per heavy atom. The van der Waals surface area contributed by atoms with E-state index in [1.54, 1.807) is 0 Å². The molecule has 0 aliphatic carbocycles. The van der Waals surface area contributed by atoms with Crippen LogP contribution in [0.5, 0.6) is 0 Å². The number of carbonyl (C=O) groups excluding carboxylic acids is 1. The Labute approximate surface area is 171 Å². The average Bonchev–Trinajstić information content (AvgIpc) is 3.29. The summed E-state index contributed by atoms with van der Waals surface area (Å²) in [6, 6.07) is 12.4. The lowest BCUT2D eigenvalue weighted by Gasteiger charge is -2.32. The minimum atomic E-state index is -1.03. The molecule has 4 rings (SSSR count). The van der Waals surface area contributed by atoms with Crippen LogP contribution in [0.1, 0.15) is 23.0 Å². The highest BCUT2D eigenvalue weighted by Crippen LogP contribution is 2.22. The van der Waals surface area contributed by atoms with Crippen molar-refractivity contribution in [2.75, 3.05) is 19.7 Å². The number of carbonyl (C=O) groups is 1. The molecule has 1 aliphatic rings. The molecule has 1 saturated heterocycles. The van der Waals surface area contributed by atoms with Gasteiger partial charge in [0, 0.05) is 19.6 Å². The third-order valence-electron chi connectivity index (χ3n) is 4.89. The van der Waals surface area contributed by atoms with Crippen LogP contribution < -0.4 is 5.32 Å². The van der Waals surface area contributed by atoms with Gasteiger partial charge in [0.1, 0.15) is 12.1 Å². The number of morpholine rings is 1. The normalized spacial score (nSPS) is 18.1. The number of nitrogens with zero attached hydrogens (tertiary/aromatic N) is 3. The van der Waals surface area contributed by atoms with Crippen LogP contribution in [0.2, 0.25) is 0 Å². The maximum absolute atomic E-state index is 13.7. The van der Waals surface area contributed by atoms with Crippen LogP contribution in [0.25, 0.3) is 0 Å². The first-order valence-corrected chi connectivity index (χ1v) is 9.49. The van der Waals surface area contributed by atoms with E-state index in [1.165, 1.54) is 6.07 Å². The first kappa shape index (κ1) is 20.1. The van der Waals surface area contributed by atoms with Gasteiger partial charge in [0.15, 0.2) is 17.5 Å². The van der Waals surface area contributed by atoms with Gasteiger partial charge in [0.25, 0.3) is 5.91 Å². The number of ether oxygens (including phenoxy) is 1. The molecule has 1 amide bonds. The predicted octanol–water partition coefficient (Wildman–Crippen LogP) is 2.45. The molecule has 0 unspecified atom stereocenters. The Hall–Kier alpha value is -3.17. The van der Waals surface area contributed by atoms with E-state index in [1.807, 2.05) is 30.3 Å². The Morgan fingerprint density at radius 1 is 1.20 bits per heavy atom. The van der Waals surface area contributed by atoms with Crippen molar-refractivity contribution in [2.24, 2.45) is 0 Å². The van der Waals surface area contributed by atoms with Crippen LogP contribution in [-0.2, 0) is 16.1 Å². The largest absolute Gasteiger partial charge is 0.366 e. The number of nitrogens with one attached hydrogen (secondary N) is 1. The molecule has 9 heteroatoms. The van der Waals surface area contributed by atoms with Gasteiger partial charge >= 0.3 is 0 Å². The number of aromatic nitrogens is 2. The van der Waals surface area contributed by atoms with E-state index in [0.29, 0.717) is 31.8 Å². The second-order valence-electron chi connectivity index (χ2n) is 6.98. The molecule has 30 heavy (non-hydrogen) atoms. The van der Waals surface area contributed by atoms with Gasteiger partial charge in [0.2, 0.25) is 6.39 Å². The van der Waals surface area contributed by atoms with E-state index in [2.05, 4.69) is 20.4 Å². The lowest BCUT2D eigenvalue weighted by atomic mass is 10.1. The molecule has 7 nitrogen and oxygen atoms in total. The molecule has 0 spiro atoms. The standard InChI is InChI=1S/C21H20F2N4O3/c22-16-7-6-15(10-17(16)23)19(20-24-13-30-26-20)25-21(28)18-12-27(8-9-29-18)11-14-4-2-1-3-5-14/h1-7,10,13,18-19H,8-9,11-12H2,(H,25,28)/t18-,19+/m0/s1. The van der Waals surface area contributed by atoms with E-state index in [4.69, 9.17) is 9.26 Å². The van der Waals surface area contributed by atoms with Crippen molar-refractivity contribution in [3.8, 4) is 0 Å². The zero-order valence-electron chi connectivity index (χ0n) is 16.0. The van der Waals surface area contributed by atoms with Crippen molar-refractivity contribution in [3.05, 3.63) is 83.5 Å². The molecule has 2 aromatic carbocycles. The summed E-state index contributed by atoms with van der Waals surface area (Å²) in [5.74, 6) is -2.28. The second kappa shape index (κ2) is 9.10. The Balaban J connectivity index is 1.47. The van der Waals surface area contributed by atoms with Crippen LogP contribution in [-0.4, -0.2) is 46.7 Å². The number of hydrogen-bond donors (Lipinski definition) is 1. The van der Waals surface area contributed by atoms with Crippen molar-refractivity contribution in [1.82, 2.24) is 20.4 Å². The summed E-state index contributed by atoms with van der Waals surface area (Å²) in [5, 5.41) is 6.52. The second-order valence-corrected chi connectivity index (χ2v) is 6.98. The lowest BCUT2D eigenvalue weighted by molar-refractivity contribution is -0.139. The van der Waals surface area contributed by atoms with E-state index in [-0.39, 0.29) is 5.82 Å².